The zero-order valence-corrected chi connectivity index (χ0v) is 11.8. The minimum Gasteiger partial charge on any atom is -0.468 e. The van der Waals surface area contributed by atoms with E-state index in [1.54, 1.807) is 0 Å². The lowest BCUT2D eigenvalue weighted by molar-refractivity contribution is -0.154. The topological polar surface area (TPSA) is 85.7 Å². The highest BCUT2D eigenvalue weighted by molar-refractivity contribution is 7.85. The molecule has 0 saturated heterocycles. The Morgan fingerprint density at radius 2 is 2.05 bits per heavy atom. The van der Waals surface area contributed by atoms with Gasteiger partial charge in [0.1, 0.15) is 0 Å². The van der Waals surface area contributed by atoms with Crippen molar-refractivity contribution in [3.05, 3.63) is 23.9 Å². The number of hydrogen-bond donors (Lipinski definition) is 1. The molecule has 0 aliphatic heterocycles. The molecule has 0 saturated carbocycles. The van der Waals surface area contributed by atoms with Gasteiger partial charge in [-0.05, 0) is 11.6 Å². The molecular weight excluding hydrogens is 315 g/mol. The van der Waals surface area contributed by atoms with Crippen LogP contribution < -0.4 is 4.74 Å². The number of aliphatic hydroxyl groups is 1. The highest BCUT2D eigenvalue weighted by Crippen LogP contribution is 2.20. The quantitative estimate of drug-likeness (QED) is 0.762. The van der Waals surface area contributed by atoms with Crippen molar-refractivity contribution in [1.82, 2.24) is 4.98 Å². The van der Waals surface area contributed by atoms with Crippen molar-refractivity contribution < 1.29 is 35.6 Å². The van der Waals surface area contributed by atoms with Gasteiger partial charge in [0.2, 0.25) is 5.88 Å². The van der Waals surface area contributed by atoms with Gasteiger partial charge in [0.15, 0.2) is 6.61 Å². The van der Waals surface area contributed by atoms with E-state index in [0.29, 0.717) is 5.56 Å². The highest BCUT2D eigenvalue weighted by atomic mass is 32.2. The van der Waals surface area contributed by atoms with Crippen LogP contribution in [-0.2, 0) is 14.3 Å². The van der Waals surface area contributed by atoms with E-state index in [4.69, 9.17) is 0 Å². The SMILES string of the molecule is CS(=O)(=O)OCCC(O)c1ccc(OCC(F)(F)F)nc1. The molecule has 0 aliphatic carbocycles. The van der Waals surface area contributed by atoms with Crippen LogP contribution in [0.15, 0.2) is 18.3 Å². The molecule has 21 heavy (non-hydrogen) atoms. The van der Waals surface area contributed by atoms with Crippen molar-refractivity contribution in [2.75, 3.05) is 19.5 Å². The predicted molar refractivity (Wildman–Crippen MR) is 66.2 cm³/mol. The van der Waals surface area contributed by atoms with Crippen LogP contribution in [-0.4, -0.2) is 44.2 Å². The van der Waals surface area contributed by atoms with Crippen molar-refractivity contribution in [2.45, 2.75) is 18.7 Å². The number of aliphatic hydroxyl groups excluding tert-OH is 1. The van der Waals surface area contributed by atoms with Gasteiger partial charge in [-0.1, -0.05) is 0 Å². The second kappa shape index (κ2) is 7.05. The molecule has 1 N–H and O–H groups in total. The summed E-state index contributed by atoms with van der Waals surface area (Å²) >= 11 is 0. The first-order valence-electron chi connectivity index (χ1n) is 5.75. The lowest BCUT2D eigenvalue weighted by Gasteiger charge is -2.12. The Balaban J connectivity index is 2.49. The van der Waals surface area contributed by atoms with Gasteiger partial charge in [-0.15, -0.1) is 0 Å². The van der Waals surface area contributed by atoms with Gasteiger partial charge in [0.25, 0.3) is 10.1 Å². The Bertz CT molecular complexity index is 544. The number of hydrogen-bond acceptors (Lipinski definition) is 6. The molecule has 0 fully saturated rings. The van der Waals surface area contributed by atoms with Crippen LogP contribution in [0.3, 0.4) is 0 Å². The van der Waals surface area contributed by atoms with E-state index in [9.17, 15) is 26.7 Å². The first kappa shape index (κ1) is 17.7. The molecule has 0 bridgehead atoms. The van der Waals surface area contributed by atoms with E-state index in [1.165, 1.54) is 12.1 Å². The molecular formula is C11H14F3NO5S. The minimum absolute atomic E-state index is 0.00248. The van der Waals surface area contributed by atoms with E-state index >= 15 is 0 Å². The van der Waals surface area contributed by atoms with Gasteiger partial charge >= 0.3 is 6.18 Å². The molecule has 6 nitrogen and oxygen atoms in total. The summed E-state index contributed by atoms with van der Waals surface area (Å²) in [7, 11) is -3.58. The summed E-state index contributed by atoms with van der Waals surface area (Å²) in [5, 5.41) is 9.73. The molecule has 1 aromatic rings. The number of nitrogens with zero attached hydrogens (tertiary/aromatic N) is 1. The van der Waals surface area contributed by atoms with Gasteiger partial charge in [0.05, 0.1) is 19.0 Å². The maximum absolute atomic E-state index is 11.9. The maximum Gasteiger partial charge on any atom is 0.422 e. The molecule has 1 rings (SSSR count). The lowest BCUT2D eigenvalue weighted by atomic mass is 10.1. The van der Waals surface area contributed by atoms with E-state index in [-0.39, 0.29) is 18.9 Å². The summed E-state index contributed by atoms with van der Waals surface area (Å²) < 4.78 is 66.1. The normalized spacial score (nSPS) is 14.0. The second-order valence-corrected chi connectivity index (χ2v) is 5.81. The van der Waals surface area contributed by atoms with E-state index < -0.39 is 29.0 Å². The third-order valence-corrected chi connectivity index (χ3v) is 2.81. The summed E-state index contributed by atoms with van der Waals surface area (Å²) in [6, 6.07) is 2.52. The number of rotatable bonds is 7. The second-order valence-electron chi connectivity index (χ2n) is 4.16. The Labute approximate surface area is 119 Å². The van der Waals surface area contributed by atoms with Crippen LogP contribution in [0, 0.1) is 0 Å². The fourth-order valence-corrected chi connectivity index (χ4v) is 1.71. The van der Waals surface area contributed by atoms with E-state index in [1.807, 2.05) is 0 Å². The smallest absolute Gasteiger partial charge is 0.422 e. The average Bonchev–Trinajstić information content (AvgIpc) is 2.34. The number of aromatic nitrogens is 1. The Morgan fingerprint density at radius 3 is 2.52 bits per heavy atom. The first-order valence-corrected chi connectivity index (χ1v) is 7.56. The number of alkyl halides is 3. The van der Waals surface area contributed by atoms with E-state index in [0.717, 1.165) is 12.5 Å². The highest BCUT2D eigenvalue weighted by Gasteiger charge is 2.28. The van der Waals surface area contributed by atoms with Crippen LogP contribution in [0.1, 0.15) is 18.1 Å². The molecule has 0 aromatic carbocycles. The predicted octanol–water partition coefficient (Wildman–Crippen LogP) is 1.42. The van der Waals surface area contributed by atoms with Crippen molar-refractivity contribution in [3.63, 3.8) is 0 Å². The van der Waals surface area contributed by atoms with Crippen LogP contribution in [0.2, 0.25) is 0 Å². The summed E-state index contributed by atoms with van der Waals surface area (Å²) in [6.07, 6.45) is -3.47. The molecule has 0 spiro atoms. The number of pyridine rings is 1. The molecule has 120 valence electrons. The van der Waals surface area contributed by atoms with E-state index in [2.05, 4.69) is 13.9 Å². The zero-order valence-electron chi connectivity index (χ0n) is 11.0. The van der Waals surface area contributed by atoms with Gasteiger partial charge in [0, 0.05) is 18.7 Å². The molecule has 10 heteroatoms. The van der Waals surface area contributed by atoms with Crippen LogP contribution in [0.4, 0.5) is 13.2 Å². The molecule has 1 unspecified atom stereocenters. The first-order chi connectivity index (χ1) is 9.57. The van der Waals surface area contributed by atoms with Crippen molar-refractivity contribution in [2.24, 2.45) is 0 Å². The fourth-order valence-electron chi connectivity index (χ4n) is 1.31. The van der Waals surface area contributed by atoms with Crippen molar-refractivity contribution >= 4 is 10.1 Å². The van der Waals surface area contributed by atoms with Gasteiger partial charge in [-0.2, -0.15) is 21.6 Å². The molecule has 1 heterocycles. The molecule has 1 aromatic heterocycles. The van der Waals surface area contributed by atoms with Crippen LogP contribution in [0.5, 0.6) is 5.88 Å². The Hall–Kier alpha value is -1.39. The fraction of sp³-hybridized carbons (Fsp3) is 0.545. The molecule has 0 amide bonds. The monoisotopic (exact) mass is 329 g/mol. The van der Waals surface area contributed by atoms with Gasteiger partial charge in [-0.3, -0.25) is 4.18 Å². The number of halogens is 3. The average molecular weight is 329 g/mol. The molecule has 0 radical (unpaired) electrons. The summed E-state index contributed by atoms with van der Waals surface area (Å²) in [5.74, 6) is -0.226. The minimum atomic E-state index is -4.46. The van der Waals surface area contributed by atoms with Gasteiger partial charge < -0.3 is 9.84 Å². The Morgan fingerprint density at radius 1 is 1.38 bits per heavy atom. The maximum atomic E-state index is 11.9. The lowest BCUT2D eigenvalue weighted by Crippen LogP contribution is -2.19. The summed E-state index contributed by atoms with van der Waals surface area (Å²) in [4.78, 5) is 3.62. The van der Waals surface area contributed by atoms with Crippen molar-refractivity contribution in [1.29, 1.82) is 0 Å². The third kappa shape index (κ3) is 7.83. The van der Waals surface area contributed by atoms with Crippen LogP contribution in [0.25, 0.3) is 0 Å². The van der Waals surface area contributed by atoms with Crippen molar-refractivity contribution in [3.8, 4) is 5.88 Å². The standard InChI is InChI=1S/C11H14F3NO5S/c1-21(17,18)20-5-4-9(16)8-2-3-10(15-6-8)19-7-11(12,13)14/h2-3,6,9,16H,4-5,7H2,1H3. The zero-order chi connectivity index (χ0) is 16.1. The third-order valence-electron chi connectivity index (χ3n) is 2.22. The number of ether oxygens (including phenoxy) is 1. The molecule has 1 atom stereocenters. The largest absolute Gasteiger partial charge is 0.468 e. The molecule has 0 aliphatic rings. The van der Waals surface area contributed by atoms with Gasteiger partial charge in [-0.25, -0.2) is 4.98 Å². The summed E-state index contributed by atoms with van der Waals surface area (Å²) in [6.45, 7) is -1.67. The van der Waals surface area contributed by atoms with Crippen LogP contribution >= 0.6 is 0 Å². The Kier molecular flexibility index (Phi) is 5.93. The summed E-state index contributed by atoms with van der Waals surface area (Å²) in [5.41, 5.74) is 0.312.